The summed E-state index contributed by atoms with van der Waals surface area (Å²) in [6.07, 6.45) is 2.84. The molecule has 0 bridgehead atoms. The third kappa shape index (κ3) is 3.82. The van der Waals surface area contributed by atoms with Crippen molar-refractivity contribution in [3.63, 3.8) is 0 Å². The molecule has 0 spiro atoms. The Morgan fingerprint density at radius 1 is 1.27 bits per heavy atom. The molecule has 2 aromatic rings. The number of rotatable bonds is 5. The molecule has 0 radical (unpaired) electrons. The van der Waals surface area contributed by atoms with Crippen LogP contribution < -0.4 is 4.74 Å². The van der Waals surface area contributed by atoms with Gasteiger partial charge in [-0.1, -0.05) is 12.1 Å². The Morgan fingerprint density at radius 2 is 2.00 bits per heavy atom. The summed E-state index contributed by atoms with van der Waals surface area (Å²) < 4.78 is 24.0. The molecule has 0 atom stereocenters. The molecule has 0 saturated carbocycles. The van der Waals surface area contributed by atoms with Crippen LogP contribution in [0.1, 0.15) is 31.5 Å². The van der Waals surface area contributed by atoms with Crippen molar-refractivity contribution in [3.8, 4) is 5.75 Å². The number of likely N-dealkylation sites (tertiary alicyclic amines) is 1. The van der Waals surface area contributed by atoms with E-state index in [1.807, 2.05) is 6.92 Å². The molecule has 1 aliphatic heterocycles. The Bertz CT molecular complexity index is 592. The lowest BCUT2D eigenvalue weighted by Gasteiger charge is -2.31. The molecule has 1 saturated heterocycles. The second-order valence-electron chi connectivity index (χ2n) is 5.51. The molecule has 118 valence electrons. The van der Waals surface area contributed by atoms with Gasteiger partial charge in [0.2, 0.25) is 5.89 Å². The van der Waals surface area contributed by atoms with E-state index in [4.69, 9.17) is 9.26 Å². The van der Waals surface area contributed by atoms with Crippen LogP contribution in [0.5, 0.6) is 5.75 Å². The molecule has 1 fully saturated rings. The first kappa shape index (κ1) is 15.0. The third-order valence-corrected chi connectivity index (χ3v) is 3.84. The van der Waals surface area contributed by atoms with Gasteiger partial charge in [-0.25, -0.2) is 4.39 Å². The van der Waals surface area contributed by atoms with Gasteiger partial charge in [0.15, 0.2) is 5.82 Å². The summed E-state index contributed by atoms with van der Waals surface area (Å²) >= 11 is 0. The highest BCUT2D eigenvalue weighted by Gasteiger charge is 2.22. The molecule has 0 amide bonds. The molecule has 0 aliphatic carbocycles. The molecule has 2 heterocycles. The number of piperidine rings is 1. The van der Waals surface area contributed by atoms with Crippen LogP contribution in [0.4, 0.5) is 4.39 Å². The lowest BCUT2D eigenvalue weighted by Crippen LogP contribution is -2.37. The number of benzene rings is 1. The monoisotopic (exact) mass is 305 g/mol. The molecule has 1 aromatic carbocycles. The maximum absolute atomic E-state index is 12.9. The Hall–Kier alpha value is -1.95. The van der Waals surface area contributed by atoms with Crippen molar-refractivity contribution in [2.75, 3.05) is 13.1 Å². The molecule has 5 nitrogen and oxygen atoms in total. The van der Waals surface area contributed by atoms with Gasteiger partial charge in [-0.2, -0.15) is 4.98 Å². The van der Waals surface area contributed by atoms with Gasteiger partial charge < -0.3 is 9.26 Å². The van der Waals surface area contributed by atoms with Gasteiger partial charge in [-0.3, -0.25) is 4.90 Å². The molecule has 1 aliphatic rings. The summed E-state index contributed by atoms with van der Waals surface area (Å²) in [6.45, 7) is 4.55. The normalized spacial score (nSPS) is 16.8. The maximum Gasteiger partial charge on any atom is 0.240 e. The van der Waals surface area contributed by atoms with Crippen LogP contribution in [-0.4, -0.2) is 34.2 Å². The Morgan fingerprint density at radius 3 is 2.64 bits per heavy atom. The fourth-order valence-corrected chi connectivity index (χ4v) is 2.58. The molecule has 1 aromatic heterocycles. The van der Waals surface area contributed by atoms with E-state index in [9.17, 15) is 4.39 Å². The van der Waals surface area contributed by atoms with E-state index >= 15 is 0 Å². The number of ether oxygens (including phenoxy) is 1. The van der Waals surface area contributed by atoms with E-state index < -0.39 is 0 Å². The summed E-state index contributed by atoms with van der Waals surface area (Å²) in [6, 6.07) is 6.19. The smallest absolute Gasteiger partial charge is 0.240 e. The van der Waals surface area contributed by atoms with Crippen molar-refractivity contribution < 1.29 is 13.7 Å². The van der Waals surface area contributed by atoms with Crippen molar-refractivity contribution in [2.24, 2.45) is 0 Å². The quantitative estimate of drug-likeness (QED) is 0.850. The largest absolute Gasteiger partial charge is 0.490 e. The minimum absolute atomic E-state index is 0.176. The van der Waals surface area contributed by atoms with E-state index in [1.54, 1.807) is 12.1 Å². The zero-order valence-electron chi connectivity index (χ0n) is 12.7. The fraction of sp³-hybridized carbons (Fsp3) is 0.500. The van der Waals surface area contributed by atoms with E-state index in [1.165, 1.54) is 12.1 Å². The first-order valence-corrected chi connectivity index (χ1v) is 7.69. The highest BCUT2D eigenvalue weighted by molar-refractivity contribution is 5.22. The van der Waals surface area contributed by atoms with Crippen LogP contribution in [0, 0.1) is 5.82 Å². The Labute approximate surface area is 129 Å². The highest BCUT2D eigenvalue weighted by atomic mass is 19.1. The Balaban J connectivity index is 1.46. The van der Waals surface area contributed by atoms with E-state index in [2.05, 4.69) is 15.0 Å². The van der Waals surface area contributed by atoms with Crippen LogP contribution in [0.2, 0.25) is 0 Å². The van der Waals surface area contributed by atoms with Gasteiger partial charge in [-0.15, -0.1) is 0 Å². The summed E-state index contributed by atoms with van der Waals surface area (Å²) in [5.74, 6) is 1.91. The average molecular weight is 305 g/mol. The maximum atomic E-state index is 12.9. The minimum atomic E-state index is -0.242. The van der Waals surface area contributed by atoms with Crippen molar-refractivity contribution in [1.82, 2.24) is 15.0 Å². The first-order chi connectivity index (χ1) is 10.7. The number of nitrogens with zero attached hydrogens (tertiary/aromatic N) is 3. The van der Waals surface area contributed by atoms with Crippen LogP contribution in [-0.2, 0) is 13.0 Å². The van der Waals surface area contributed by atoms with Crippen LogP contribution in [0.15, 0.2) is 28.8 Å². The summed E-state index contributed by atoms with van der Waals surface area (Å²) in [5.41, 5.74) is 0. The second-order valence-corrected chi connectivity index (χ2v) is 5.51. The van der Waals surface area contributed by atoms with Crippen LogP contribution in [0.3, 0.4) is 0 Å². The van der Waals surface area contributed by atoms with Crippen molar-refractivity contribution in [3.05, 3.63) is 41.8 Å². The van der Waals surface area contributed by atoms with Crippen molar-refractivity contribution in [1.29, 1.82) is 0 Å². The number of hydrogen-bond acceptors (Lipinski definition) is 5. The molecule has 0 N–H and O–H groups in total. The minimum Gasteiger partial charge on any atom is -0.490 e. The second kappa shape index (κ2) is 6.87. The molecule has 6 heteroatoms. The van der Waals surface area contributed by atoms with E-state index in [0.717, 1.165) is 43.9 Å². The van der Waals surface area contributed by atoms with Crippen LogP contribution in [0.25, 0.3) is 0 Å². The predicted octanol–water partition coefficient (Wildman–Crippen LogP) is 2.81. The molecule has 22 heavy (non-hydrogen) atoms. The van der Waals surface area contributed by atoms with Gasteiger partial charge in [0, 0.05) is 19.5 Å². The third-order valence-electron chi connectivity index (χ3n) is 3.84. The SMILES string of the molecule is CCc1noc(CN2CCC(Oc3ccc(F)cc3)CC2)n1. The molecular weight excluding hydrogens is 285 g/mol. The first-order valence-electron chi connectivity index (χ1n) is 7.69. The highest BCUT2D eigenvalue weighted by Crippen LogP contribution is 2.20. The predicted molar refractivity (Wildman–Crippen MR) is 79.0 cm³/mol. The molecule has 0 unspecified atom stereocenters. The van der Waals surface area contributed by atoms with Crippen molar-refractivity contribution in [2.45, 2.75) is 38.8 Å². The zero-order chi connectivity index (χ0) is 15.4. The number of aryl methyl sites for hydroxylation is 1. The molecular formula is C16H20FN3O2. The summed E-state index contributed by atoms with van der Waals surface area (Å²) in [5, 5.41) is 3.91. The summed E-state index contributed by atoms with van der Waals surface area (Å²) in [7, 11) is 0. The molecule has 3 rings (SSSR count). The standard InChI is InChI=1S/C16H20FN3O2/c1-2-15-18-16(22-19-15)11-20-9-7-14(8-10-20)21-13-5-3-12(17)4-6-13/h3-6,14H,2,7-11H2,1H3. The van der Waals surface area contributed by atoms with E-state index in [-0.39, 0.29) is 11.9 Å². The zero-order valence-corrected chi connectivity index (χ0v) is 12.7. The van der Waals surface area contributed by atoms with Crippen molar-refractivity contribution >= 4 is 0 Å². The van der Waals surface area contributed by atoms with Gasteiger partial charge in [-0.05, 0) is 37.1 Å². The number of hydrogen-bond donors (Lipinski definition) is 0. The number of halogens is 1. The lowest BCUT2D eigenvalue weighted by molar-refractivity contribution is 0.0903. The summed E-state index contributed by atoms with van der Waals surface area (Å²) in [4.78, 5) is 6.62. The number of aromatic nitrogens is 2. The average Bonchev–Trinajstić information content (AvgIpc) is 2.99. The van der Waals surface area contributed by atoms with Crippen LogP contribution >= 0.6 is 0 Å². The van der Waals surface area contributed by atoms with Gasteiger partial charge in [0.05, 0.1) is 6.54 Å². The van der Waals surface area contributed by atoms with Gasteiger partial charge in [0.25, 0.3) is 0 Å². The van der Waals surface area contributed by atoms with Gasteiger partial charge >= 0.3 is 0 Å². The Kier molecular flexibility index (Phi) is 4.68. The van der Waals surface area contributed by atoms with E-state index in [0.29, 0.717) is 12.4 Å². The topological polar surface area (TPSA) is 51.4 Å². The lowest BCUT2D eigenvalue weighted by atomic mass is 10.1. The van der Waals surface area contributed by atoms with Gasteiger partial charge in [0.1, 0.15) is 17.7 Å². The fourth-order valence-electron chi connectivity index (χ4n) is 2.58.